The number of fused-ring (bicyclic) bond motifs is 1. The second-order valence-corrected chi connectivity index (χ2v) is 8.49. The van der Waals surface area contributed by atoms with Crippen LogP contribution in [0.3, 0.4) is 0 Å². The van der Waals surface area contributed by atoms with Crippen molar-refractivity contribution in [2.24, 2.45) is 5.10 Å². The van der Waals surface area contributed by atoms with Crippen molar-refractivity contribution in [1.82, 2.24) is 9.66 Å². The Balaban J connectivity index is 1.93. The molecule has 3 rings (SSSR count). The van der Waals surface area contributed by atoms with E-state index in [0.29, 0.717) is 38.9 Å². The predicted octanol–water partition coefficient (Wildman–Crippen LogP) is 4.96. The maximum Gasteiger partial charge on any atom is 0.344 e. The van der Waals surface area contributed by atoms with E-state index in [9.17, 15) is 9.59 Å². The smallest absolute Gasteiger partial charge is 0.344 e. The van der Waals surface area contributed by atoms with Gasteiger partial charge in [-0.15, -0.1) is 0 Å². The zero-order valence-electron chi connectivity index (χ0n) is 16.7. The highest BCUT2D eigenvalue weighted by molar-refractivity contribution is 9.10. The summed E-state index contributed by atoms with van der Waals surface area (Å²) in [7, 11) is 0. The highest BCUT2D eigenvalue weighted by Gasteiger charge is 2.13. The van der Waals surface area contributed by atoms with E-state index in [2.05, 4.69) is 41.9 Å². The van der Waals surface area contributed by atoms with Crippen molar-refractivity contribution < 1.29 is 14.3 Å². The summed E-state index contributed by atoms with van der Waals surface area (Å²) >= 11 is 13.1. The molecule has 0 amide bonds. The van der Waals surface area contributed by atoms with Crippen molar-refractivity contribution in [2.75, 3.05) is 13.2 Å². The van der Waals surface area contributed by atoms with Crippen molar-refractivity contribution in [2.45, 2.75) is 20.3 Å². The lowest BCUT2D eigenvalue weighted by atomic mass is 10.2. The van der Waals surface area contributed by atoms with Gasteiger partial charge in [0.05, 0.1) is 33.2 Å². The molecule has 0 unspecified atom stereocenters. The summed E-state index contributed by atoms with van der Waals surface area (Å²) in [6.07, 6.45) is 2.04. The lowest BCUT2D eigenvalue weighted by Gasteiger charge is -2.11. The molecule has 0 spiro atoms. The fraction of sp³-hybridized carbons (Fsp3) is 0.238. The number of hydrogen-bond acceptors (Lipinski definition) is 6. The van der Waals surface area contributed by atoms with Crippen LogP contribution in [0, 0.1) is 0 Å². The number of aryl methyl sites for hydroxylation is 1. The van der Waals surface area contributed by atoms with E-state index in [0.717, 1.165) is 4.47 Å². The first-order valence-electron chi connectivity index (χ1n) is 9.37. The highest BCUT2D eigenvalue weighted by Crippen LogP contribution is 2.34. The minimum Gasteiger partial charge on any atom is -0.479 e. The number of esters is 1. The van der Waals surface area contributed by atoms with Gasteiger partial charge in [-0.2, -0.15) is 9.78 Å². The number of carbonyl (C=O) groups excluding carboxylic acids is 1. The van der Waals surface area contributed by atoms with Gasteiger partial charge < -0.3 is 9.47 Å². The number of carbonyl (C=O) groups is 1. The van der Waals surface area contributed by atoms with Crippen molar-refractivity contribution in [3.05, 3.63) is 66.0 Å². The molecule has 0 aliphatic heterocycles. The van der Waals surface area contributed by atoms with E-state index in [4.69, 9.17) is 21.1 Å². The molecule has 0 atom stereocenters. The van der Waals surface area contributed by atoms with Crippen LogP contribution in [0.4, 0.5) is 0 Å². The zero-order valence-corrected chi connectivity index (χ0v) is 20.6. The van der Waals surface area contributed by atoms with Gasteiger partial charge in [-0.1, -0.05) is 34.5 Å². The summed E-state index contributed by atoms with van der Waals surface area (Å²) in [6.45, 7) is 3.63. The highest BCUT2D eigenvalue weighted by atomic mass is 79.9. The fourth-order valence-electron chi connectivity index (χ4n) is 2.79. The first kappa shape index (κ1) is 23.4. The molecule has 1 heterocycles. The van der Waals surface area contributed by atoms with E-state index in [1.54, 1.807) is 31.2 Å². The Kier molecular flexibility index (Phi) is 7.85. The van der Waals surface area contributed by atoms with Gasteiger partial charge in [0.1, 0.15) is 5.82 Å². The maximum atomic E-state index is 13.0. The molecule has 162 valence electrons. The second-order valence-electron chi connectivity index (χ2n) is 6.31. The molecule has 0 radical (unpaired) electrons. The van der Waals surface area contributed by atoms with Crippen molar-refractivity contribution in [3.63, 3.8) is 0 Å². The fourth-order valence-corrected chi connectivity index (χ4v) is 4.14. The van der Waals surface area contributed by atoms with Crippen LogP contribution in [0.2, 0.25) is 5.02 Å². The van der Waals surface area contributed by atoms with Crippen LogP contribution >= 0.6 is 43.5 Å². The van der Waals surface area contributed by atoms with Crippen molar-refractivity contribution in [3.8, 4) is 5.75 Å². The van der Waals surface area contributed by atoms with Crippen molar-refractivity contribution in [1.29, 1.82) is 0 Å². The molecule has 10 heteroatoms. The molecule has 0 aliphatic carbocycles. The molecule has 0 fully saturated rings. The molecular weight excluding hydrogens is 554 g/mol. The maximum absolute atomic E-state index is 13.0. The molecule has 0 saturated heterocycles. The van der Waals surface area contributed by atoms with Gasteiger partial charge in [0.15, 0.2) is 12.4 Å². The third kappa shape index (κ3) is 5.53. The van der Waals surface area contributed by atoms with Crippen LogP contribution in [0.15, 0.2) is 49.2 Å². The van der Waals surface area contributed by atoms with Gasteiger partial charge >= 0.3 is 5.97 Å². The summed E-state index contributed by atoms with van der Waals surface area (Å²) in [5.74, 6) is 0.365. The number of benzene rings is 2. The Labute approximate surface area is 200 Å². The van der Waals surface area contributed by atoms with Crippen LogP contribution in [-0.4, -0.2) is 35.1 Å². The molecule has 2 aromatic carbocycles. The molecule has 0 saturated carbocycles. The minimum atomic E-state index is -0.488. The van der Waals surface area contributed by atoms with Crippen LogP contribution in [0.25, 0.3) is 10.9 Å². The Morgan fingerprint density at radius 3 is 2.71 bits per heavy atom. The van der Waals surface area contributed by atoms with Crippen LogP contribution < -0.4 is 10.3 Å². The van der Waals surface area contributed by atoms with E-state index in [1.807, 2.05) is 13.0 Å². The third-order valence-electron chi connectivity index (χ3n) is 4.17. The number of aromatic nitrogens is 2. The van der Waals surface area contributed by atoms with Crippen LogP contribution in [0.1, 0.15) is 25.2 Å². The van der Waals surface area contributed by atoms with Gasteiger partial charge in [-0.05, 0) is 58.7 Å². The Hall–Kier alpha value is -2.23. The Bertz CT molecular complexity index is 1200. The lowest BCUT2D eigenvalue weighted by Crippen LogP contribution is -2.22. The topological polar surface area (TPSA) is 82.8 Å². The van der Waals surface area contributed by atoms with Crippen LogP contribution in [-0.2, 0) is 16.0 Å². The number of nitrogens with zero attached hydrogens (tertiary/aromatic N) is 3. The normalized spacial score (nSPS) is 11.3. The summed E-state index contributed by atoms with van der Waals surface area (Å²) in [6, 6.07) is 8.70. The van der Waals surface area contributed by atoms with Gasteiger partial charge in [-0.25, -0.2) is 9.78 Å². The summed E-state index contributed by atoms with van der Waals surface area (Å²) < 4.78 is 12.9. The first-order valence-corrected chi connectivity index (χ1v) is 11.3. The average Bonchev–Trinajstić information content (AvgIpc) is 2.73. The largest absolute Gasteiger partial charge is 0.479 e. The predicted molar refractivity (Wildman–Crippen MR) is 127 cm³/mol. The number of halogens is 3. The summed E-state index contributed by atoms with van der Waals surface area (Å²) in [5.41, 5.74) is 0.980. The zero-order chi connectivity index (χ0) is 22.5. The van der Waals surface area contributed by atoms with Gasteiger partial charge in [0, 0.05) is 10.9 Å². The molecular formula is C21H18Br2ClN3O4. The second kappa shape index (κ2) is 10.4. The standard InChI is InChI=1S/C21H18Br2ClN3O4/c1-3-18-26-17-6-5-13(22)9-14(17)21(29)27(18)25-10-12-7-15(23)20(16(24)8-12)31-11-19(28)30-4-2/h5-10H,3-4,11H2,1-2H3. The van der Waals surface area contributed by atoms with E-state index in [-0.39, 0.29) is 23.8 Å². The Morgan fingerprint density at radius 2 is 2.03 bits per heavy atom. The number of ether oxygens (including phenoxy) is 2. The molecule has 7 nitrogen and oxygen atoms in total. The molecule has 0 bridgehead atoms. The minimum absolute atomic E-state index is 0.257. The first-order chi connectivity index (χ1) is 14.8. The molecule has 0 N–H and O–H groups in total. The van der Waals surface area contributed by atoms with Crippen LogP contribution in [0.5, 0.6) is 5.75 Å². The van der Waals surface area contributed by atoms with E-state index >= 15 is 0 Å². The monoisotopic (exact) mass is 569 g/mol. The number of hydrogen-bond donors (Lipinski definition) is 0. The summed E-state index contributed by atoms with van der Waals surface area (Å²) in [4.78, 5) is 29.0. The average molecular weight is 572 g/mol. The quantitative estimate of drug-likeness (QED) is 0.296. The molecule has 1 aromatic heterocycles. The van der Waals surface area contributed by atoms with Gasteiger partial charge in [0.2, 0.25) is 0 Å². The van der Waals surface area contributed by atoms with E-state index < -0.39 is 5.97 Å². The SMILES string of the molecule is CCOC(=O)COc1c(Cl)cc(C=Nn2c(CC)nc3ccc(Br)cc3c2=O)cc1Br. The Morgan fingerprint density at radius 1 is 1.26 bits per heavy atom. The lowest BCUT2D eigenvalue weighted by molar-refractivity contribution is -0.145. The summed E-state index contributed by atoms with van der Waals surface area (Å²) in [5, 5.41) is 5.09. The molecule has 3 aromatic rings. The van der Waals surface area contributed by atoms with Gasteiger partial charge in [-0.3, -0.25) is 4.79 Å². The van der Waals surface area contributed by atoms with E-state index in [1.165, 1.54) is 10.9 Å². The van der Waals surface area contributed by atoms with Crippen molar-refractivity contribution >= 4 is 66.5 Å². The third-order valence-corrected chi connectivity index (χ3v) is 5.54. The molecule has 31 heavy (non-hydrogen) atoms. The van der Waals surface area contributed by atoms with Gasteiger partial charge in [0.25, 0.3) is 5.56 Å². The number of rotatable bonds is 7. The molecule has 0 aliphatic rings.